The Kier molecular flexibility index (Phi) is 1.64. The second-order valence-electron chi connectivity index (χ2n) is 2.90. The average Bonchev–Trinajstić information content (AvgIpc) is 2.32. The fourth-order valence-corrected chi connectivity index (χ4v) is 1.60. The molecule has 60 valence electrons. The van der Waals surface area contributed by atoms with Crippen molar-refractivity contribution < 1.29 is 4.74 Å². The van der Waals surface area contributed by atoms with Gasteiger partial charge in [-0.2, -0.15) is 5.10 Å². The van der Waals surface area contributed by atoms with E-state index in [1.165, 1.54) is 0 Å². The van der Waals surface area contributed by atoms with Gasteiger partial charge in [0.2, 0.25) is 5.88 Å². The highest BCUT2D eigenvalue weighted by molar-refractivity contribution is 9.10. The van der Waals surface area contributed by atoms with Crippen LogP contribution in [0.1, 0.15) is 6.92 Å². The van der Waals surface area contributed by atoms with Crippen molar-refractivity contribution in [2.45, 2.75) is 13.5 Å². The van der Waals surface area contributed by atoms with E-state index < -0.39 is 0 Å². The van der Waals surface area contributed by atoms with Crippen molar-refractivity contribution in [2.75, 3.05) is 6.61 Å². The molecule has 0 saturated carbocycles. The third-order valence-electron chi connectivity index (χ3n) is 1.74. The van der Waals surface area contributed by atoms with Gasteiger partial charge in [0, 0.05) is 5.92 Å². The number of hydrogen-bond donors (Lipinski definition) is 0. The standard InChI is InChI=1S/C7H9BrN2O/c1-5-3-10-7(11-4-5)6(8)2-9-10/h2,5H,3-4H2,1H3/t5-/m0/s1. The van der Waals surface area contributed by atoms with Crippen LogP contribution in [0, 0.1) is 5.92 Å². The van der Waals surface area contributed by atoms with Crippen molar-refractivity contribution in [3.8, 4) is 5.88 Å². The molecule has 1 aliphatic rings. The molecule has 1 aromatic heterocycles. The van der Waals surface area contributed by atoms with E-state index in [-0.39, 0.29) is 0 Å². The van der Waals surface area contributed by atoms with E-state index in [1.807, 2.05) is 4.68 Å². The number of fused-ring (bicyclic) bond motifs is 1. The predicted octanol–water partition coefficient (Wildman–Crippen LogP) is 1.67. The van der Waals surface area contributed by atoms with Gasteiger partial charge in [0.15, 0.2) is 0 Å². The monoisotopic (exact) mass is 216 g/mol. The van der Waals surface area contributed by atoms with Crippen LogP contribution in [-0.2, 0) is 6.54 Å². The van der Waals surface area contributed by atoms with Crippen LogP contribution < -0.4 is 4.74 Å². The van der Waals surface area contributed by atoms with E-state index in [0.717, 1.165) is 23.5 Å². The van der Waals surface area contributed by atoms with Gasteiger partial charge >= 0.3 is 0 Å². The summed E-state index contributed by atoms with van der Waals surface area (Å²) in [4.78, 5) is 0. The highest BCUT2D eigenvalue weighted by Crippen LogP contribution is 2.28. The maximum absolute atomic E-state index is 5.46. The molecule has 1 aromatic rings. The summed E-state index contributed by atoms with van der Waals surface area (Å²) in [5, 5.41) is 4.15. The topological polar surface area (TPSA) is 27.1 Å². The van der Waals surface area contributed by atoms with E-state index in [1.54, 1.807) is 6.20 Å². The Morgan fingerprint density at radius 1 is 1.82 bits per heavy atom. The molecule has 2 heterocycles. The van der Waals surface area contributed by atoms with Gasteiger partial charge in [-0.25, -0.2) is 4.68 Å². The quantitative estimate of drug-likeness (QED) is 0.660. The van der Waals surface area contributed by atoms with Gasteiger partial charge in [0.1, 0.15) is 0 Å². The summed E-state index contributed by atoms with van der Waals surface area (Å²) >= 11 is 3.36. The summed E-state index contributed by atoms with van der Waals surface area (Å²) in [6, 6.07) is 0. The summed E-state index contributed by atoms with van der Waals surface area (Å²) in [6.07, 6.45) is 1.77. The number of rotatable bonds is 0. The van der Waals surface area contributed by atoms with Crippen LogP contribution in [0.25, 0.3) is 0 Å². The lowest BCUT2D eigenvalue weighted by Crippen LogP contribution is -2.23. The molecule has 2 rings (SSSR count). The molecular weight excluding hydrogens is 208 g/mol. The normalized spacial score (nSPS) is 22.5. The zero-order valence-electron chi connectivity index (χ0n) is 6.25. The Morgan fingerprint density at radius 2 is 2.64 bits per heavy atom. The van der Waals surface area contributed by atoms with Crippen molar-refractivity contribution in [2.24, 2.45) is 5.92 Å². The zero-order chi connectivity index (χ0) is 7.84. The summed E-state index contributed by atoms with van der Waals surface area (Å²) < 4.78 is 8.30. The number of aromatic nitrogens is 2. The minimum absolute atomic E-state index is 0.564. The third-order valence-corrected chi connectivity index (χ3v) is 2.28. The fourth-order valence-electron chi connectivity index (χ4n) is 1.19. The van der Waals surface area contributed by atoms with Crippen molar-refractivity contribution in [3.05, 3.63) is 10.7 Å². The second kappa shape index (κ2) is 2.52. The van der Waals surface area contributed by atoms with Gasteiger partial charge in [-0.05, 0) is 15.9 Å². The molecule has 0 aliphatic carbocycles. The van der Waals surface area contributed by atoms with Crippen LogP contribution in [0.15, 0.2) is 10.7 Å². The molecule has 0 amide bonds. The molecule has 1 atom stereocenters. The lowest BCUT2D eigenvalue weighted by molar-refractivity contribution is 0.174. The largest absolute Gasteiger partial charge is 0.477 e. The first-order valence-electron chi connectivity index (χ1n) is 3.61. The Labute approximate surface area is 73.5 Å². The van der Waals surface area contributed by atoms with Crippen LogP contribution in [0.5, 0.6) is 5.88 Å². The predicted molar refractivity (Wildman–Crippen MR) is 44.6 cm³/mol. The first kappa shape index (κ1) is 7.16. The molecule has 4 heteroatoms. The van der Waals surface area contributed by atoms with Crippen LogP contribution >= 0.6 is 15.9 Å². The van der Waals surface area contributed by atoms with E-state index in [9.17, 15) is 0 Å². The molecule has 1 aliphatic heterocycles. The Hall–Kier alpha value is -0.510. The minimum atomic E-state index is 0.564. The van der Waals surface area contributed by atoms with Crippen molar-refractivity contribution in [1.29, 1.82) is 0 Å². The van der Waals surface area contributed by atoms with E-state index in [0.29, 0.717) is 5.92 Å². The van der Waals surface area contributed by atoms with E-state index >= 15 is 0 Å². The lowest BCUT2D eigenvalue weighted by atomic mass is 10.2. The first-order valence-corrected chi connectivity index (χ1v) is 4.41. The SMILES string of the molecule is C[C@@H]1COc2c(Br)cnn2C1. The van der Waals surface area contributed by atoms with E-state index in [4.69, 9.17) is 4.74 Å². The molecule has 0 saturated heterocycles. The molecule has 3 nitrogen and oxygen atoms in total. The van der Waals surface area contributed by atoms with Crippen molar-refractivity contribution in [1.82, 2.24) is 9.78 Å². The highest BCUT2D eigenvalue weighted by Gasteiger charge is 2.18. The molecule has 0 unspecified atom stereocenters. The maximum Gasteiger partial charge on any atom is 0.226 e. The third kappa shape index (κ3) is 1.15. The van der Waals surface area contributed by atoms with Gasteiger partial charge in [-0.3, -0.25) is 0 Å². The summed E-state index contributed by atoms with van der Waals surface area (Å²) in [5.41, 5.74) is 0. The van der Waals surface area contributed by atoms with Crippen LogP contribution in [0.3, 0.4) is 0 Å². The number of halogens is 1. The van der Waals surface area contributed by atoms with Gasteiger partial charge in [-0.1, -0.05) is 6.92 Å². The molecule has 0 radical (unpaired) electrons. The molecule has 0 N–H and O–H groups in total. The van der Waals surface area contributed by atoms with Gasteiger partial charge in [-0.15, -0.1) is 0 Å². The van der Waals surface area contributed by atoms with Crippen LogP contribution in [-0.4, -0.2) is 16.4 Å². The first-order chi connectivity index (χ1) is 5.27. The molecule has 11 heavy (non-hydrogen) atoms. The summed E-state index contributed by atoms with van der Waals surface area (Å²) in [7, 11) is 0. The van der Waals surface area contributed by atoms with Crippen LogP contribution in [0.2, 0.25) is 0 Å². The average molecular weight is 217 g/mol. The highest BCUT2D eigenvalue weighted by atomic mass is 79.9. The zero-order valence-corrected chi connectivity index (χ0v) is 7.84. The molecule has 0 spiro atoms. The number of nitrogens with zero attached hydrogens (tertiary/aromatic N) is 2. The molecule has 0 aromatic carbocycles. The Bertz CT molecular complexity index is 271. The number of hydrogen-bond acceptors (Lipinski definition) is 2. The maximum atomic E-state index is 5.46. The van der Waals surface area contributed by atoms with E-state index in [2.05, 4.69) is 28.0 Å². The number of ether oxygens (including phenoxy) is 1. The summed E-state index contributed by atoms with van der Waals surface area (Å²) in [5.74, 6) is 1.43. The Morgan fingerprint density at radius 3 is 3.45 bits per heavy atom. The Balaban J connectivity index is 2.36. The van der Waals surface area contributed by atoms with Crippen molar-refractivity contribution >= 4 is 15.9 Å². The molecule has 0 bridgehead atoms. The minimum Gasteiger partial charge on any atom is -0.477 e. The smallest absolute Gasteiger partial charge is 0.226 e. The second-order valence-corrected chi connectivity index (χ2v) is 3.75. The van der Waals surface area contributed by atoms with Gasteiger partial charge in [0.25, 0.3) is 0 Å². The molecular formula is C7H9BrN2O. The van der Waals surface area contributed by atoms with Crippen LogP contribution in [0.4, 0.5) is 0 Å². The lowest BCUT2D eigenvalue weighted by Gasteiger charge is -2.20. The fraction of sp³-hybridized carbons (Fsp3) is 0.571. The summed E-state index contributed by atoms with van der Waals surface area (Å²) in [6.45, 7) is 3.91. The van der Waals surface area contributed by atoms with Crippen molar-refractivity contribution in [3.63, 3.8) is 0 Å². The van der Waals surface area contributed by atoms with Gasteiger partial charge in [0.05, 0.1) is 23.8 Å². The van der Waals surface area contributed by atoms with Gasteiger partial charge < -0.3 is 4.74 Å². The molecule has 0 fully saturated rings.